The van der Waals surface area contributed by atoms with Crippen molar-refractivity contribution in [2.75, 3.05) is 18.0 Å². The molecule has 1 aliphatic rings. The molecule has 16 heavy (non-hydrogen) atoms. The molecule has 0 atom stereocenters. The summed E-state index contributed by atoms with van der Waals surface area (Å²) in [5.41, 5.74) is 1.59. The van der Waals surface area contributed by atoms with Crippen molar-refractivity contribution in [1.82, 2.24) is 0 Å². The number of rotatable bonds is 1. The molecule has 0 N–H and O–H groups in total. The molecule has 0 amide bonds. The second-order valence-corrected chi connectivity index (χ2v) is 4.71. The van der Waals surface area contributed by atoms with Gasteiger partial charge in [0.25, 0.3) is 0 Å². The highest BCUT2D eigenvalue weighted by Crippen LogP contribution is 2.25. The van der Waals surface area contributed by atoms with Gasteiger partial charge in [-0.15, -0.1) is 0 Å². The van der Waals surface area contributed by atoms with Crippen molar-refractivity contribution in [2.24, 2.45) is 0 Å². The van der Waals surface area contributed by atoms with E-state index in [1.165, 1.54) is 0 Å². The number of anilines is 1. The number of ketones is 1. The Morgan fingerprint density at radius 2 is 2.00 bits per heavy atom. The van der Waals surface area contributed by atoms with E-state index in [0.717, 1.165) is 23.2 Å². The van der Waals surface area contributed by atoms with Gasteiger partial charge >= 0.3 is 0 Å². The minimum Gasteiger partial charge on any atom is -0.370 e. The number of hydrogen-bond acceptors (Lipinski definition) is 3. The summed E-state index contributed by atoms with van der Waals surface area (Å²) < 4.78 is 0.904. The molecule has 1 fully saturated rings. The molecular formula is C12H11BrN2O. The van der Waals surface area contributed by atoms with Crippen LogP contribution < -0.4 is 4.90 Å². The van der Waals surface area contributed by atoms with Crippen LogP contribution in [0, 0.1) is 11.3 Å². The number of benzene rings is 1. The molecule has 0 aromatic heterocycles. The van der Waals surface area contributed by atoms with Crippen LogP contribution in [0.1, 0.15) is 18.4 Å². The van der Waals surface area contributed by atoms with Crippen LogP contribution in [0.25, 0.3) is 0 Å². The van der Waals surface area contributed by atoms with Crippen LogP contribution in [0.4, 0.5) is 5.69 Å². The molecule has 2 rings (SSSR count). The first-order chi connectivity index (χ1) is 7.70. The molecule has 1 aliphatic heterocycles. The van der Waals surface area contributed by atoms with E-state index in [-0.39, 0.29) is 0 Å². The van der Waals surface area contributed by atoms with Gasteiger partial charge in [-0.1, -0.05) is 15.9 Å². The third-order valence-corrected chi connectivity index (χ3v) is 3.23. The average molecular weight is 279 g/mol. The monoisotopic (exact) mass is 278 g/mol. The van der Waals surface area contributed by atoms with Crippen LogP contribution in [0.2, 0.25) is 0 Å². The molecule has 0 spiro atoms. The van der Waals surface area contributed by atoms with Crippen LogP contribution in [0.15, 0.2) is 22.7 Å². The molecule has 4 heteroatoms. The van der Waals surface area contributed by atoms with Gasteiger partial charge in [-0.2, -0.15) is 5.26 Å². The van der Waals surface area contributed by atoms with E-state index in [1.54, 1.807) is 0 Å². The molecule has 82 valence electrons. The van der Waals surface area contributed by atoms with Crippen LogP contribution in [-0.4, -0.2) is 18.9 Å². The Morgan fingerprint density at radius 1 is 1.31 bits per heavy atom. The van der Waals surface area contributed by atoms with Crippen molar-refractivity contribution >= 4 is 27.4 Å². The summed E-state index contributed by atoms with van der Waals surface area (Å²) in [6, 6.07) is 7.85. The molecule has 0 saturated carbocycles. The largest absolute Gasteiger partial charge is 0.370 e. The molecule has 1 aromatic rings. The first-order valence-electron chi connectivity index (χ1n) is 5.17. The van der Waals surface area contributed by atoms with Crippen molar-refractivity contribution in [3.05, 3.63) is 28.2 Å². The van der Waals surface area contributed by atoms with E-state index in [9.17, 15) is 4.79 Å². The maximum absolute atomic E-state index is 11.1. The van der Waals surface area contributed by atoms with Gasteiger partial charge in [0, 0.05) is 30.4 Å². The predicted molar refractivity (Wildman–Crippen MR) is 65.3 cm³/mol. The third kappa shape index (κ3) is 2.25. The minimum absolute atomic E-state index is 0.312. The Bertz CT molecular complexity index is 455. The fourth-order valence-corrected chi connectivity index (χ4v) is 2.23. The zero-order valence-corrected chi connectivity index (χ0v) is 10.3. The van der Waals surface area contributed by atoms with Gasteiger partial charge in [0.1, 0.15) is 11.9 Å². The maximum Gasteiger partial charge on any atom is 0.136 e. The Morgan fingerprint density at radius 3 is 2.62 bits per heavy atom. The normalized spacial score (nSPS) is 16.0. The lowest BCUT2D eigenvalue weighted by molar-refractivity contribution is -0.119. The number of nitriles is 1. The second-order valence-electron chi connectivity index (χ2n) is 3.80. The summed E-state index contributed by atoms with van der Waals surface area (Å²) in [5, 5.41) is 9.06. The molecule has 3 nitrogen and oxygen atoms in total. The Kier molecular flexibility index (Phi) is 3.25. The zero-order valence-electron chi connectivity index (χ0n) is 8.74. The van der Waals surface area contributed by atoms with Crippen molar-refractivity contribution < 1.29 is 4.79 Å². The minimum atomic E-state index is 0.312. The van der Waals surface area contributed by atoms with Gasteiger partial charge in [0.15, 0.2) is 0 Å². The smallest absolute Gasteiger partial charge is 0.136 e. The van der Waals surface area contributed by atoms with Crippen LogP contribution in [-0.2, 0) is 4.79 Å². The number of carbonyl (C=O) groups is 1. The fraction of sp³-hybridized carbons (Fsp3) is 0.333. The molecular weight excluding hydrogens is 268 g/mol. The highest BCUT2D eigenvalue weighted by atomic mass is 79.9. The van der Waals surface area contributed by atoms with Crippen LogP contribution in [0.3, 0.4) is 0 Å². The van der Waals surface area contributed by atoms with E-state index in [0.29, 0.717) is 24.2 Å². The van der Waals surface area contributed by atoms with Crippen LogP contribution in [0.5, 0.6) is 0 Å². The standard InChI is InChI=1S/C12H11BrN2O/c13-10-1-2-12(9(7-10)8-14)15-5-3-11(16)4-6-15/h1-2,7H,3-6H2. The number of carbonyl (C=O) groups excluding carboxylic acids is 1. The second kappa shape index (κ2) is 4.67. The van der Waals surface area contributed by atoms with Gasteiger partial charge in [-0.05, 0) is 18.2 Å². The molecule has 0 aliphatic carbocycles. The number of halogens is 1. The van der Waals surface area contributed by atoms with E-state index in [2.05, 4.69) is 26.9 Å². The quantitative estimate of drug-likeness (QED) is 0.793. The summed E-state index contributed by atoms with van der Waals surface area (Å²) in [4.78, 5) is 13.3. The molecule has 0 unspecified atom stereocenters. The SMILES string of the molecule is N#Cc1cc(Br)ccc1N1CCC(=O)CC1. The molecule has 0 bridgehead atoms. The molecule has 1 saturated heterocycles. The maximum atomic E-state index is 11.1. The van der Waals surface area contributed by atoms with E-state index >= 15 is 0 Å². The first kappa shape index (κ1) is 11.2. The fourth-order valence-electron chi connectivity index (χ4n) is 1.87. The highest BCUT2D eigenvalue weighted by molar-refractivity contribution is 9.10. The zero-order chi connectivity index (χ0) is 11.5. The van der Waals surface area contributed by atoms with Crippen molar-refractivity contribution in [3.8, 4) is 6.07 Å². The molecule has 1 heterocycles. The van der Waals surface area contributed by atoms with Gasteiger partial charge in [0.2, 0.25) is 0 Å². The van der Waals surface area contributed by atoms with Crippen molar-refractivity contribution in [3.63, 3.8) is 0 Å². The highest BCUT2D eigenvalue weighted by Gasteiger charge is 2.18. The lowest BCUT2D eigenvalue weighted by Crippen LogP contribution is -2.34. The van der Waals surface area contributed by atoms with Crippen molar-refractivity contribution in [2.45, 2.75) is 12.8 Å². The van der Waals surface area contributed by atoms with Gasteiger partial charge in [-0.3, -0.25) is 4.79 Å². The third-order valence-electron chi connectivity index (χ3n) is 2.74. The van der Waals surface area contributed by atoms with Gasteiger partial charge in [-0.25, -0.2) is 0 Å². The lowest BCUT2D eigenvalue weighted by atomic mass is 10.1. The predicted octanol–water partition coefficient (Wildman–Crippen LogP) is 2.49. The number of Topliss-reactive ketones (excluding diaryl/α,β-unsaturated/α-hetero) is 1. The van der Waals surface area contributed by atoms with Crippen molar-refractivity contribution in [1.29, 1.82) is 5.26 Å². The number of hydrogen-bond donors (Lipinski definition) is 0. The van der Waals surface area contributed by atoms with E-state index < -0.39 is 0 Å². The Labute approximate surface area is 103 Å². The van der Waals surface area contributed by atoms with Gasteiger partial charge < -0.3 is 4.90 Å². The lowest BCUT2D eigenvalue weighted by Gasteiger charge is -2.28. The Balaban J connectivity index is 2.27. The van der Waals surface area contributed by atoms with Gasteiger partial charge in [0.05, 0.1) is 11.3 Å². The van der Waals surface area contributed by atoms with E-state index in [4.69, 9.17) is 5.26 Å². The molecule has 0 radical (unpaired) electrons. The summed E-state index contributed by atoms with van der Waals surface area (Å²) in [6.45, 7) is 1.43. The van der Waals surface area contributed by atoms with Crippen LogP contribution >= 0.6 is 15.9 Å². The first-order valence-corrected chi connectivity index (χ1v) is 5.96. The summed E-state index contributed by atoms with van der Waals surface area (Å²) >= 11 is 3.35. The molecule has 1 aromatic carbocycles. The topological polar surface area (TPSA) is 44.1 Å². The summed E-state index contributed by atoms with van der Waals surface area (Å²) in [6.07, 6.45) is 1.17. The number of piperidine rings is 1. The Hall–Kier alpha value is -1.34. The average Bonchev–Trinajstić information content (AvgIpc) is 2.30. The summed E-state index contributed by atoms with van der Waals surface area (Å²) in [5.74, 6) is 0.312. The summed E-state index contributed by atoms with van der Waals surface area (Å²) in [7, 11) is 0. The van der Waals surface area contributed by atoms with E-state index in [1.807, 2.05) is 18.2 Å². The number of nitrogens with zero attached hydrogens (tertiary/aromatic N) is 2.